The molecule has 0 radical (unpaired) electrons. The highest BCUT2D eigenvalue weighted by Gasteiger charge is 2.31. The number of carbonyl (C=O) groups is 1. The van der Waals surface area contributed by atoms with E-state index in [1.165, 1.54) is 0 Å². The highest BCUT2D eigenvalue weighted by atomic mass is 19.4. The van der Waals surface area contributed by atoms with Crippen LogP contribution < -0.4 is 0 Å². The number of nitrogens with zero attached hydrogens (tertiary/aromatic N) is 4. The first-order chi connectivity index (χ1) is 12.4. The fraction of sp³-hybridized carbons (Fsp3) is 0.500. The summed E-state index contributed by atoms with van der Waals surface area (Å²) in [7, 11) is 0. The molecule has 1 saturated heterocycles. The minimum Gasteiger partial charge on any atom is -0.343 e. The van der Waals surface area contributed by atoms with E-state index in [2.05, 4.69) is 14.5 Å². The number of alkyl halides is 3. The van der Waals surface area contributed by atoms with Gasteiger partial charge in [-0.2, -0.15) is 13.2 Å². The first kappa shape index (κ1) is 18.4. The number of carbonyl (C=O) groups excluding carboxylic acids is 1. The van der Waals surface area contributed by atoms with Crippen molar-refractivity contribution in [1.82, 2.24) is 19.4 Å². The molecule has 2 aromatic rings. The van der Waals surface area contributed by atoms with E-state index < -0.39 is 24.9 Å². The van der Waals surface area contributed by atoms with E-state index in [0.717, 1.165) is 11.4 Å². The van der Waals surface area contributed by atoms with Crippen molar-refractivity contribution < 1.29 is 18.0 Å². The van der Waals surface area contributed by atoms with Crippen molar-refractivity contribution >= 4 is 5.91 Å². The second-order valence-electron chi connectivity index (χ2n) is 6.54. The van der Waals surface area contributed by atoms with Gasteiger partial charge in [0.2, 0.25) is 5.91 Å². The largest absolute Gasteiger partial charge is 0.389 e. The fourth-order valence-electron chi connectivity index (χ4n) is 3.29. The number of amides is 1. The lowest BCUT2D eigenvalue weighted by molar-refractivity contribution is -0.149. The molecule has 0 spiro atoms. The molecule has 2 aromatic heterocycles. The van der Waals surface area contributed by atoms with Gasteiger partial charge in [-0.25, -0.2) is 4.98 Å². The first-order valence-corrected chi connectivity index (χ1v) is 8.67. The van der Waals surface area contributed by atoms with Gasteiger partial charge >= 0.3 is 6.18 Å². The summed E-state index contributed by atoms with van der Waals surface area (Å²) >= 11 is 0. The van der Waals surface area contributed by atoms with Crippen LogP contribution in [0.15, 0.2) is 36.9 Å². The number of hydrogen-bond donors (Lipinski definition) is 0. The van der Waals surface area contributed by atoms with Crippen molar-refractivity contribution in [3.63, 3.8) is 0 Å². The van der Waals surface area contributed by atoms with Crippen molar-refractivity contribution in [3.8, 4) is 0 Å². The predicted molar refractivity (Wildman–Crippen MR) is 89.4 cm³/mol. The van der Waals surface area contributed by atoms with E-state index in [4.69, 9.17) is 0 Å². The summed E-state index contributed by atoms with van der Waals surface area (Å²) in [6, 6.07) is 3.90. The maximum absolute atomic E-state index is 12.3. The number of halogens is 3. The summed E-state index contributed by atoms with van der Waals surface area (Å²) in [5, 5.41) is 0. The Morgan fingerprint density at radius 2 is 1.85 bits per heavy atom. The van der Waals surface area contributed by atoms with Crippen LogP contribution in [0, 0.1) is 0 Å². The average Bonchev–Trinajstić information content (AvgIpc) is 3.08. The Kier molecular flexibility index (Phi) is 5.58. The average molecular weight is 366 g/mol. The van der Waals surface area contributed by atoms with Crippen LogP contribution in [-0.2, 0) is 11.3 Å². The number of aromatic nitrogens is 3. The minimum absolute atomic E-state index is 0.207. The van der Waals surface area contributed by atoms with Crippen LogP contribution in [0.1, 0.15) is 43.0 Å². The van der Waals surface area contributed by atoms with Gasteiger partial charge in [0.1, 0.15) is 5.82 Å². The van der Waals surface area contributed by atoms with Gasteiger partial charge in [0.05, 0.1) is 6.42 Å². The molecule has 0 unspecified atom stereocenters. The lowest BCUT2D eigenvalue weighted by atomic mass is 9.95. The zero-order chi connectivity index (χ0) is 18.6. The van der Waals surface area contributed by atoms with Gasteiger partial charge in [0, 0.05) is 56.8 Å². The van der Waals surface area contributed by atoms with Crippen molar-refractivity contribution in [2.24, 2.45) is 0 Å². The van der Waals surface area contributed by atoms with E-state index in [1.54, 1.807) is 23.5 Å². The molecule has 1 fully saturated rings. The van der Waals surface area contributed by atoms with Crippen LogP contribution in [-0.4, -0.2) is 44.6 Å². The highest BCUT2D eigenvalue weighted by molar-refractivity contribution is 5.76. The van der Waals surface area contributed by atoms with E-state index in [0.29, 0.717) is 32.5 Å². The zero-order valence-electron chi connectivity index (χ0n) is 14.3. The van der Waals surface area contributed by atoms with Crippen LogP contribution in [0.25, 0.3) is 0 Å². The Morgan fingerprint density at radius 1 is 1.15 bits per heavy atom. The summed E-state index contributed by atoms with van der Waals surface area (Å²) in [5.74, 6) is 0.753. The second kappa shape index (κ2) is 7.88. The van der Waals surface area contributed by atoms with Crippen molar-refractivity contribution in [2.45, 2.75) is 44.3 Å². The molecule has 140 valence electrons. The Balaban J connectivity index is 1.56. The highest BCUT2D eigenvalue weighted by Crippen LogP contribution is 2.28. The van der Waals surface area contributed by atoms with Crippen LogP contribution in [0.4, 0.5) is 13.2 Å². The smallest absolute Gasteiger partial charge is 0.343 e. The lowest BCUT2D eigenvalue weighted by Crippen LogP contribution is -2.38. The summed E-state index contributed by atoms with van der Waals surface area (Å²) < 4.78 is 38.9. The van der Waals surface area contributed by atoms with Gasteiger partial charge in [-0.3, -0.25) is 9.78 Å². The van der Waals surface area contributed by atoms with Gasteiger partial charge in [-0.1, -0.05) is 0 Å². The topological polar surface area (TPSA) is 51.0 Å². The number of imidazole rings is 1. The van der Waals surface area contributed by atoms with Crippen molar-refractivity contribution in [1.29, 1.82) is 0 Å². The molecular weight excluding hydrogens is 345 g/mol. The molecule has 0 saturated carbocycles. The second-order valence-corrected chi connectivity index (χ2v) is 6.54. The molecule has 0 N–H and O–H groups in total. The van der Waals surface area contributed by atoms with E-state index in [-0.39, 0.29) is 5.92 Å². The van der Waals surface area contributed by atoms with Gasteiger partial charge in [0.25, 0.3) is 0 Å². The number of piperidine rings is 1. The van der Waals surface area contributed by atoms with Crippen LogP contribution in [0.2, 0.25) is 0 Å². The molecular formula is C18H21F3N4O. The molecule has 3 rings (SSSR count). The number of likely N-dealkylation sites (tertiary alicyclic amines) is 1. The van der Waals surface area contributed by atoms with E-state index >= 15 is 0 Å². The quantitative estimate of drug-likeness (QED) is 0.815. The minimum atomic E-state index is -4.29. The van der Waals surface area contributed by atoms with Gasteiger partial charge < -0.3 is 9.47 Å². The Labute approximate surface area is 149 Å². The number of pyridine rings is 1. The molecule has 1 aliphatic rings. The Bertz CT molecular complexity index is 722. The summed E-state index contributed by atoms with van der Waals surface area (Å²) in [5.41, 5.74) is 1.12. The molecule has 0 atom stereocenters. The molecule has 26 heavy (non-hydrogen) atoms. The molecule has 3 heterocycles. The first-order valence-electron chi connectivity index (χ1n) is 8.67. The van der Waals surface area contributed by atoms with Gasteiger partial charge in [-0.15, -0.1) is 0 Å². The van der Waals surface area contributed by atoms with Gasteiger partial charge in [0.15, 0.2) is 0 Å². The zero-order valence-corrected chi connectivity index (χ0v) is 14.3. The van der Waals surface area contributed by atoms with Crippen LogP contribution in [0.3, 0.4) is 0 Å². The fourth-order valence-corrected chi connectivity index (χ4v) is 3.29. The third-order valence-electron chi connectivity index (χ3n) is 4.69. The van der Waals surface area contributed by atoms with Crippen molar-refractivity contribution in [2.75, 3.05) is 13.1 Å². The monoisotopic (exact) mass is 366 g/mol. The van der Waals surface area contributed by atoms with E-state index in [9.17, 15) is 18.0 Å². The maximum Gasteiger partial charge on any atom is 0.389 e. The third-order valence-corrected chi connectivity index (χ3v) is 4.69. The molecule has 0 aliphatic carbocycles. The molecule has 8 heteroatoms. The van der Waals surface area contributed by atoms with E-state index in [1.807, 2.05) is 18.3 Å². The summed E-state index contributed by atoms with van der Waals surface area (Å²) in [6.07, 6.45) is 2.80. The predicted octanol–water partition coefficient (Wildman–Crippen LogP) is 3.37. The Hall–Kier alpha value is -2.38. The molecule has 1 amide bonds. The molecule has 0 bridgehead atoms. The maximum atomic E-state index is 12.3. The SMILES string of the molecule is O=C(CCC(F)(F)F)N1CCC(c2nccn2Cc2ccncc2)CC1. The normalized spacial score (nSPS) is 16.0. The molecule has 0 aromatic carbocycles. The summed E-state index contributed by atoms with van der Waals surface area (Å²) in [6.45, 7) is 1.65. The number of rotatable bonds is 5. The lowest BCUT2D eigenvalue weighted by Gasteiger charge is -2.32. The van der Waals surface area contributed by atoms with Gasteiger partial charge in [-0.05, 0) is 30.5 Å². The van der Waals surface area contributed by atoms with Crippen LogP contribution >= 0.6 is 0 Å². The van der Waals surface area contributed by atoms with Crippen LogP contribution in [0.5, 0.6) is 0 Å². The number of hydrogen-bond acceptors (Lipinski definition) is 3. The molecule has 1 aliphatic heterocycles. The van der Waals surface area contributed by atoms with Crippen molar-refractivity contribution in [3.05, 3.63) is 48.3 Å². The third kappa shape index (κ3) is 4.83. The Morgan fingerprint density at radius 3 is 2.50 bits per heavy atom. The standard InChI is InChI=1S/C18H21F3N4O/c19-18(20,21)6-1-16(26)24-10-4-15(5-11-24)17-23-9-12-25(17)13-14-2-7-22-8-3-14/h2-3,7-9,12,15H,1,4-6,10-11,13H2. The molecule has 5 nitrogen and oxygen atoms in total. The summed E-state index contributed by atoms with van der Waals surface area (Å²) in [4.78, 5) is 22.0.